The van der Waals surface area contributed by atoms with E-state index in [0.29, 0.717) is 11.3 Å². The van der Waals surface area contributed by atoms with E-state index in [1.165, 1.54) is 36.5 Å². The Balaban J connectivity index is 1.26. The molecule has 3 aromatic heterocycles. The summed E-state index contributed by atoms with van der Waals surface area (Å²) in [6.07, 6.45) is 3.38. The molecular weight excluding hydrogens is 569 g/mol. The lowest BCUT2D eigenvalue weighted by atomic mass is 9.93. The van der Waals surface area contributed by atoms with Crippen molar-refractivity contribution in [3.8, 4) is 50.8 Å². The smallest absolute Gasteiger partial charge is 0.190 e. The standard InChI is InChI=1S/C40H22N4S/c1-42-31-15-17-44-37(22-31)30-9-5-7-28(20-30)35-23-39-40(33-11-3-2-10-32(33)35)34-13-12-27(21-38(34)45-39)26-6-4-8-29(19-26)36-18-25(24-41)14-16-43-36/h2-23H. The van der Waals surface area contributed by atoms with Gasteiger partial charge in [-0.1, -0.05) is 72.8 Å². The van der Waals surface area contributed by atoms with Gasteiger partial charge in [0.1, 0.15) is 0 Å². The first-order valence-electron chi connectivity index (χ1n) is 14.5. The third-order valence-corrected chi connectivity index (χ3v) is 9.30. The Morgan fingerprint density at radius 3 is 2.07 bits per heavy atom. The van der Waals surface area contributed by atoms with Crippen LogP contribution in [-0.4, -0.2) is 9.97 Å². The van der Waals surface area contributed by atoms with Crippen LogP contribution >= 0.6 is 11.3 Å². The van der Waals surface area contributed by atoms with Crippen LogP contribution in [0.4, 0.5) is 5.69 Å². The van der Waals surface area contributed by atoms with Crippen molar-refractivity contribution in [3.05, 3.63) is 151 Å². The van der Waals surface area contributed by atoms with E-state index in [9.17, 15) is 5.26 Å². The number of benzene rings is 5. The molecule has 45 heavy (non-hydrogen) atoms. The van der Waals surface area contributed by atoms with Crippen LogP contribution in [0, 0.1) is 17.9 Å². The van der Waals surface area contributed by atoms with Crippen molar-refractivity contribution in [2.45, 2.75) is 0 Å². The molecule has 208 valence electrons. The zero-order valence-corrected chi connectivity index (χ0v) is 24.7. The highest BCUT2D eigenvalue weighted by Gasteiger charge is 2.15. The van der Waals surface area contributed by atoms with Gasteiger partial charge in [-0.25, -0.2) is 4.85 Å². The number of hydrogen-bond donors (Lipinski definition) is 0. The second kappa shape index (κ2) is 10.8. The van der Waals surface area contributed by atoms with E-state index >= 15 is 0 Å². The summed E-state index contributed by atoms with van der Waals surface area (Å²) in [5.41, 5.74) is 9.26. The molecule has 4 nitrogen and oxygen atoms in total. The average molecular weight is 591 g/mol. The second-order valence-corrected chi connectivity index (χ2v) is 12.0. The number of pyridine rings is 2. The fourth-order valence-electron chi connectivity index (χ4n) is 6.07. The first-order chi connectivity index (χ1) is 22.2. The number of fused-ring (bicyclic) bond motifs is 5. The van der Waals surface area contributed by atoms with E-state index in [1.807, 2.05) is 41.7 Å². The molecule has 0 saturated heterocycles. The zero-order valence-electron chi connectivity index (χ0n) is 23.9. The second-order valence-electron chi connectivity index (χ2n) is 10.9. The molecule has 5 heteroatoms. The number of thiophene rings is 1. The topological polar surface area (TPSA) is 53.9 Å². The summed E-state index contributed by atoms with van der Waals surface area (Å²) in [6, 6.07) is 43.8. The minimum atomic E-state index is 0.582. The average Bonchev–Trinajstić information content (AvgIpc) is 3.49. The van der Waals surface area contributed by atoms with Crippen LogP contribution in [0.2, 0.25) is 0 Å². The highest BCUT2D eigenvalue weighted by molar-refractivity contribution is 7.26. The van der Waals surface area contributed by atoms with Crippen molar-refractivity contribution in [3.63, 3.8) is 0 Å². The molecule has 8 aromatic rings. The first kappa shape index (κ1) is 26.5. The third kappa shape index (κ3) is 4.69. The summed E-state index contributed by atoms with van der Waals surface area (Å²) in [5, 5.41) is 14.3. The molecule has 5 aromatic carbocycles. The maximum Gasteiger partial charge on any atom is 0.190 e. The SMILES string of the molecule is [C-]#[N+]c1ccnc(-c2cccc(-c3cc4sc5cc(-c6cccc(-c7cc(C#N)ccn7)c6)ccc5c4c4ccccc34)c2)c1. The van der Waals surface area contributed by atoms with Gasteiger partial charge in [0.25, 0.3) is 0 Å². The molecule has 0 spiro atoms. The fourth-order valence-corrected chi connectivity index (χ4v) is 7.27. The third-order valence-electron chi connectivity index (χ3n) is 8.20. The highest BCUT2D eigenvalue weighted by atomic mass is 32.1. The zero-order chi connectivity index (χ0) is 30.3. The molecule has 0 N–H and O–H groups in total. The van der Waals surface area contributed by atoms with Crippen LogP contribution in [0.3, 0.4) is 0 Å². The van der Waals surface area contributed by atoms with E-state index in [2.05, 4.69) is 99.7 Å². The van der Waals surface area contributed by atoms with Gasteiger partial charge >= 0.3 is 0 Å². The normalized spacial score (nSPS) is 11.1. The van der Waals surface area contributed by atoms with Gasteiger partial charge in [0, 0.05) is 38.1 Å². The fraction of sp³-hybridized carbons (Fsp3) is 0. The van der Waals surface area contributed by atoms with Gasteiger partial charge in [-0.3, -0.25) is 9.97 Å². The Kier molecular flexibility index (Phi) is 6.38. The van der Waals surface area contributed by atoms with E-state index in [0.717, 1.165) is 39.2 Å². The largest absolute Gasteiger partial charge is 0.259 e. The predicted octanol–water partition coefficient (Wildman–Crippen LogP) is 11.1. The molecule has 0 unspecified atom stereocenters. The summed E-state index contributed by atoms with van der Waals surface area (Å²) in [7, 11) is 0. The minimum absolute atomic E-state index is 0.582. The molecule has 0 amide bonds. The van der Waals surface area contributed by atoms with Crippen molar-refractivity contribution in [2.75, 3.05) is 0 Å². The highest BCUT2D eigenvalue weighted by Crippen LogP contribution is 2.44. The summed E-state index contributed by atoms with van der Waals surface area (Å²) in [6.45, 7) is 7.40. The quantitative estimate of drug-likeness (QED) is 0.192. The Morgan fingerprint density at radius 2 is 1.27 bits per heavy atom. The lowest BCUT2D eigenvalue weighted by Crippen LogP contribution is -1.86. The van der Waals surface area contributed by atoms with E-state index < -0.39 is 0 Å². The van der Waals surface area contributed by atoms with E-state index in [1.54, 1.807) is 24.5 Å². The van der Waals surface area contributed by atoms with Crippen molar-refractivity contribution in [1.29, 1.82) is 5.26 Å². The van der Waals surface area contributed by atoms with Crippen molar-refractivity contribution < 1.29 is 0 Å². The van der Waals surface area contributed by atoms with Gasteiger partial charge in [0.05, 0.1) is 29.6 Å². The Morgan fingerprint density at radius 1 is 0.578 bits per heavy atom. The molecule has 0 bridgehead atoms. The maximum absolute atomic E-state index is 9.34. The lowest BCUT2D eigenvalue weighted by molar-refractivity contribution is 1.31. The monoisotopic (exact) mass is 590 g/mol. The molecule has 0 aliphatic heterocycles. The van der Waals surface area contributed by atoms with Gasteiger partial charge in [0.15, 0.2) is 5.69 Å². The number of nitrogens with zero attached hydrogens (tertiary/aromatic N) is 4. The van der Waals surface area contributed by atoms with Gasteiger partial charge < -0.3 is 0 Å². The minimum Gasteiger partial charge on any atom is -0.259 e. The van der Waals surface area contributed by atoms with Crippen LogP contribution in [0.5, 0.6) is 0 Å². The molecule has 8 rings (SSSR count). The summed E-state index contributed by atoms with van der Waals surface area (Å²) >= 11 is 1.81. The summed E-state index contributed by atoms with van der Waals surface area (Å²) in [5.74, 6) is 0. The van der Waals surface area contributed by atoms with Gasteiger partial charge in [-0.05, 0) is 87.1 Å². The number of nitriles is 1. The molecule has 0 saturated carbocycles. The van der Waals surface area contributed by atoms with Crippen LogP contribution in [0.15, 0.2) is 134 Å². The Bertz CT molecular complexity index is 2530. The van der Waals surface area contributed by atoms with Crippen molar-refractivity contribution in [1.82, 2.24) is 9.97 Å². The van der Waals surface area contributed by atoms with Crippen molar-refractivity contribution in [2.24, 2.45) is 0 Å². The summed E-state index contributed by atoms with van der Waals surface area (Å²) < 4.78 is 2.47. The number of hydrogen-bond acceptors (Lipinski definition) is 4. The van der Waals surface area contributed by atoms with Crippen LogP contribution in [0.25, 0.3) is 80.6 Å². The summed E-state index contributed by atoms with van der Waals surface area (Å²) in [4.78, 5) is 12.6. The van der Waals surface area contributed by atoms with Crippen LogP contribution in [-0.2, 0) is 0 Å². The van der Waals surface area contributed by atoms with Crippen LogP contribution in [0.1, 0.15) is 5.56 Å². The van der Waals surface area contributed by atoms with E-state index in [4.69, 9.17) is 6.57 Å². The maximum atomic E-state index is 9.34. The number of aromatic nitrogens is 2. The number of rotatable bonds is 4. The van der Waals surface area contributed by atoms with Gasteiger partial charge in [-0.15, -0.1) is 11.3 Å². The Hall–Kier alpha value is -6.14. The molecule has 3 heterocycles. The van der Waals surface area contributed by atoms with E-state index in [-0.39, 0.29) is 0 Å². The molecule has 0 atom stereocenters. The molecule has 0 aliphatic rings. The molecule has 0 fully saturated rings. The predicted molar refractivity (Wildman–Crippen MR) is 185 cm³/mol. The molecule has 0 radical (unpaired) electrons. The molecule has 0 aliphatic carbocycles. The van der Waals surface area contributed by atoms with Gasteiger partial charge in [0.2, 0.25) is 0 Å². The lowest BCUT2D eigenvalue weighted by Gasteiger charge is -2.11. The van der Waals surface area contributed by atoms with Gasteiger partial charge in [-0.2, -0.15) is 5.26 Å². The van der Waals surface area contributed by atoms with Crippen LogP contribution < -0.4 is 0 Å². The van der Waals surface area contributed by atoms with Crippen molar-refractivity contribution >= 4 is 48.0 Å². The first-order valence-corrected chi connectivity index (χ1v) is 15.3. The molecular formula is C40H22N4S. The Labute approximate surface area is 264 Å².